The number of aliphatic carboxylic acids is 1. The molecule has 11 heteroatoms. The smallest absolute Gasteiger partial charge is 0.308 e. The summed E-state index contributed by atoms with van der Waals surface area (Å²) in [6.45, 7) is 0. The molecule has 0 aromatic carbocycles. The molecule has 6 nitrogen and oxygen atoms in total. The largest absolute Gasteiger partial charge is 0.481 e. The normalized spacial score (nSPS) is 11.5. The maximum absolute atomic E-state index is 12.1. The Kier molecular flexibility index (Phi) is 4.69. The van der Waals surface area contributed by atoms with Crippen LogP contribution < -0.4 is 4.72 Å². The van der Waals surface area contributed by atoms with Gasteiger partial charge in [0.1, 0.15) is 8.55 Å². The third-order valence-corrected chi connectivity index (χ3v) is 7.32. The molecule has 0 aliphatic rings. The number of carboxylic acid groups (broad SMARTS) is 1. The van der Waals surface area contributed by atoms with Gasteiger partial charge in [0, 0.05) is 15.5 Å². The number of carboxylic acids is 1. The van der Waals surface area contributed by atoms with Gasteiger partial charge in [-0.05, 0) is 22.0 Å². The lowest BCUT2D eigenvalue weighted by Gasteiger charge is -2.01. The zero-order valence-corrected chi connectivity index (χ0v) is 14.3. The Labute approximate surface area is 135 Å². The van der Waals surface area contributed by atoms with Crippen molar-refractivity contribution in [3.8, 4) is 0 Å². The molecule has 0 radical (unpaired) electrons. The average Bonchev–Trinajstić information content (AvgIpc) is 2.86. The lowest BCUT2D eigenvalue weighted by atomic mass is 10.4. The van der Waals surface area contributed by atoms with Crippen molar-refractivity contribution >= 4 is 71.3 Å². The van der Waals surface area contributed by atoms with Crippen molar-refractivity contribution in [3.05, 3.63) is 25.9 Å². The molecule has 0 spiro atoms. The third kappa shape index (κ3) is 3.70. The van der Waals surface area contributed by atoms with Crippen molar-refractivity contribution in [2.24, 2.45) is 0 Å². The van der Waals surface area contributed by atoms with Gasteiger partial charge in [-0.15, -0.1) is 22.7 Å². The number of aromatic nitrogens is 1. The van der Waals surface area contributed by atoms with Crippen LogP contribution in [0.5, 0.6) is 0 Å². The second-order valence-electron chi connectivity index (χ2n) is 3.49. The Bertz CT molecular complexity index is 736. The van der Waals surface area contributed by atoms with Crippen LogP contribution in [0.15, 0.2) is 20.9 Å². The minimum atomic E-state index is -3.78. The quantitative estimate of drug-likeness (QED) is 0.779. The lowest BCUT2D eigenvalue weighted by Crippen LogP contribution is -2.10. The van der Waals surface area contributed by atoms with E-state index in [1.807, 2.05) is 0 Å². The van der Waals surface area contributed by atoms with Crippen LogP contribution in [0, 0.1) is 0 Å². The number of sulfonamides is 1. The van der Waals surface area contributed by atoms with E-state index in [2.05, 4.69) is 25.6 Å². The molecule has 0 fully saturated rings. The highest BCUT2D eigenvalue weighted by molar-refractivity contribution is 9.10. The van der Waals surface area contributed by atoms with Gasteiger partial charge >= 0.3 is 5.97 Å². The highest BCUT2D eigenvalue weighted by Crippen LogP contribution is 2.35. The number of rotatable bonds is 5. The Balaban J connectivity index is 2.20. The van der Waals surface area contributed by atoms with Crippen LogP contribution in [0.1, 0.15) is 4.88 Å². The number of thiazole rings is 1. The highest BCUT2D eigenvalue weighted by atomic mass is 79.9. The fourth-order valence-corrected chi connectivity index (χ4v) is 5.56. The number of anilines is 1. The summed E-state index contributed by atoms with van der Waals surface area (Å²) < 4.78 is 27.3. The minimum absolute atomic E-state index is 0.0457. The van der Waals surface area contributed by atoms with Gasteiger partial charge < -0.3 is 5.11 Å². The molecule has 0 saturated heterocycles. The molecule has 2 heterocycles. The summed E-state index contributed by atoms with van der Waals surface area (Å²) >= 11 is 10.8. The maximum Gasteiger partial charge on any atom is 0.308 e. The first kappa shape index (κ1) is 15.7. The van der Waals surface area contributed by atoms with Crippen molar-refractivity contribution in [2.75, 3.05) is 4.72 Å². The second-order valence-corrected chi connectivity index (χ2v) is 9.03. The summed E-state index contributed by atoms with van der Waals surface area (Å²) in [6, 6.07) is 1.39. The van der Waals surface area contributed by atoms with Crippen LogP contribution >= 0.6 is 50.2 Å². The monoisotopic (exact) mass is 416 g/mol. The Morgan fingerprint density at radius 3 is 2.75 bits per heavy atom. The Hall–Kier alpha value is -0.680. The van der Waals surface area contributed by atoms with E-state index in [1.54, 1.807) is 0 Å². The van der Waals surface area contributed by atoms with Gasteiger partial charge in [-0.3, -0.25) is 9.52 Å². The van der Waals surface area contributed by atoms with Gasteiger partial charge in [0.25, 0.3) is 10.0 Å². The maximum atomic E-state index is 12.1. The Morgan fingerprint density at radius 1 is 1.50 bits per heavy atom. The molecule has 0 unspecified atom stereocenters. The average molecular weight is 418 g/mol. The SMILES string of the molecule is O=C(O)Cc1cnc(NS(=O)(=O)c2cc(Br)c(Cl)s2)s1. The Morgan fingerprint density at radius 2 is 2.20 bits per heavy atom. The van der Waals surface area contributed by atoms with E-state index in [0.29, 0.717) is 13.7 Å². The van der Waals surface area contributed by atoms with Crippen molar-refractivity contribution in [1.82, 2.24) is 4.98 Å². The predicted molar refractivity (Wildman–Crippen MR) is 81.3 cm³/mol. The number of nitrogens with one attached hydrogen (secondary N) is 1. The summed E-state index contributed by atoms with van der Waals surface area (Å²) in [4.78, 5) is 14.8. The van der Waals surface area contributed by atoms with Gasteiger partial charge in [-0.1, -0.05) is 11.6 Å². The van der Waals surface area contributed by atoms with E-state index in [1.165, 1.54) is 12.3 Å². The van der Waals surface area contributed by atoms with E-state index in [-0.39, 0.29) is 15.8 Å². The van der Waals surface area contributed by atoms with Gasteiger partial charge in [-0.2, -0.15) is 0 Å². The first-order valence-electron chi connectivity index (χ1n) is 4.92. The summed E-state index contributed by atoms with van der Waals surface area (Å²) in [7, 11) is -3.78. The highest BCUT2D eigenvalue weighted by Gasteiger charge is 2.20. The molecule has 0 aliphatic carbocycles. The number of hydrogen-bond acceptors (Lipinski definition) is 6. The minimum Gasteiger partial charge on any atom is -0.481 e. The molecular formula is C9H6BrClN2O4S3. The number of nitrogens with zero attached hydrogens (tertiary/aromatic N) is 1. The van der Waals surface area contributed by atoms with E-state index in [0.717, 1.165) is 22.7 Å². The van der Waals surface area contributed by atoms with Crippen molar-refractivity contribution in [2.45, 2.75) is 10.6 Å². The molecule has 0 saturated carbocycles. The van der Waals surface area contributed by atoms with Crippen LogP contribution in [0.3, 0.4) is 0 Å². The van der Waals surface area contributed by atoms with Crippen LogP contribution in [0.2, 0.25) is 4.34 Å². The van der Waals surface area contributed by atoms with Crippen molar-refractivity contribution in [1.29, 1.82) is 0 Å². The molecule has 0 amide bonds. The first-order valence-corrected chi connectivity index (χ1v) is 9.21. The van der Waals surface area contributed by atoms with Crippen molar-refractivity contribution in [3.63, 3.8) is 0 Å². The standard InChI is InChI=1S/C9H6BrClN2O4S3/c10-5-2-7(19-8(5)11)20(16,17)13-9-12-3-4(18-9)1-6(14)15/h2-3H,1H2,(H,12,13)(H,14,15). The van der Waals surface area contributed by atoms with Crippen molar-refractivity contribution < 1.29 is 18.3 Å². The van der Waals surface area contributed by atoms with Crippen LogP contribution in [0.4, 0.5) is 5.13 Å². The van der Waals surface area contributed by atoms with Crippen LogP contribution in [-0.2, 0) is 21.2 Å². The van der Waals surface area contributed by atoms with Crippen LogP contribution in [0.25, 0.3) is 0 Å². The zero-order valence-electron chi connectivity index (χ0n) is 9.46. The summed E-state index contributed by atoms with van der Waals surface area (Å²) in [5, 5.41) is 8.75. The molecule has 0 bridgehead atoms. The number of carbonyl (C=O) groups is 1. The molecule has 2 N–H and O–H groups in total. The molecule has 2 aromatic rings. The fraction of sp³-hybridized carbons (Fsp3) is 0.111. The second kappa shape index (κ2) is 5.98. The van der Waals surface area contributed by atoms with Crippen LogP contribution in [-0.4, -0.2) is 24.5 Å². The topological polar surface area (TPSA) is 96.4 Å². The third-order valence-electron chi connectivity index (χ3n) is 1.99. The van der Waals surface area contributed by atoms with E-state index >= 15 is 0 Å². The molecule has 2 aromatic heterocycles. The predicted octanol–water partition coefficient (Wildman–Crippen LogP) is 3.05. The summed E-state index contributed by atoms with van der Waals surface area (Å²) in [5.74, 6) is -1.00. The summed E-state index contributed by atoms with van der Waals surface area (Å²) in [5.41, 5.74) is 0. The lowest BCUT2D eigenvalue weighted by molar-refractivity contribution is -0.136. The van der Waals surface area contributed by atoms with Gasteiger partial charge in [0.15, 0.2) is 5.13 Å². The summed E-state index contributed by atoms with van der Waals surface area (Å²) in [6.07, 6.45) is 1.13. The number of thiophene rings is 1. The van der Waals surface area contributed by atoms with Gasteiger partial charge in [0.2, 0.25) is 0 Å². The van der Waals surface area contributed by atoms with E-state index < -0.39 is 16.0 Å². The molecule has 20 heavy (non-hydrogen) atoms. The molecule has 2 rings (SSSR count). The molecular weight excluding hydrogens is 412 g/mol. The number of halogens is 2. The molecule has 108 valence electrons. The van der Waals surface area contributed by atoms with E-state index in [9.17, 15) is 13.2 Å². The molecule has 0 aliphatic heterocycles. The van der Waals surface area contributed by atoms with E-state index in [4.69, 9.17) is 16.7 Å². The fourth-order valence-electron chi connectivity index (χ4n) is 1.21. The number of hydrogen-bond donors (Lipinski definition) is 2. The first-order chi connectivity index (χ1) is 9.28. The van der Waals surface area contributed by atoms with Gasteiger partial charge in [0.05, 0.1) is 6.42 Å². The van der Waals surface area contributed by atoms with Gasteiger partial charge in [-0.25, -0.2) is 13.4 Å². The zero-order chi connectivity index (χ0) is 14.9. The molecule has 0 atom stereocenters.